The maximum Gasteiger partial charge on any atom is 0.306 e. The van der Waals surface area contributed by atoms with Crippen LogP contribution in [0.4, 0.5) is 15.8 Å². The van der Waals surface area contributed by atoms with Crippen LogP contribution in [0.1, 0.15) is 19.8 Å². The molecule has 1 N–H and O–H groups in total. The molecule has 1 aliphatic rings. The van der Waals surface area contributed by atoms with Crippen molar-refractivity contribution in [2.45, 2.75) is 25.8 Å². The van der Waals surface area contributed by atoms with Gasteiger partial charge in [0, 0.05) is 24.3 Å². The minimum atomic E-state index is -0.832. The van der Waals surface area contributed by atoms with Crippen molar-refractivity contribution in [3.63, 3.8) is 0 Å². The van der Waals surface area contributed by atoms with E-state index < -0.39 is 22.6 Å². The van der Waals surface area contributed by atoms with Crippen LogP contribution < -0.4 is 4.90 Å². The summed E-state index contributed by atoms with van der Waals surface area (Å²) in [5.41, 5.74) is 0.126. The molecule has 1 aromatic carbocycles. The Morgan fingerprint density at radius 3 is 2.75 bits per heavy atom. The van der Waals surface area contributed by atoms with Crippen LogP contribution in [-0.2, 0) is 4.79 Å². The fraction of sp³-hybridized carbons (Fsp3) is 0.462. The second-order valence-electron chi connectivity index (χ2n) is 5.03. The molecule has 7 heteroatoms. The van der Waals surface area contributed by atoms with Crippen molar-refractivity contribution in [2.24, 2.45) is 5.92 Å². The van der Waals surface area contributed by atoms with Crippen molar-refractivity contribution in [2.75, 3.05) is 11.4 Å². The Labute approximate surface area is 115 Å². The van der Waals surface area contributed by atoms with Crippen molar-refractivity contribution in [3.05, 3.63) is 34.1 Å². The molecule has 0 spiro atoms. The van der Waals surface area contributed by atoms with Gasteiger partial charge in [0.15, 0.2) is 0 Å². The molecule has 0 radical (unpaired) electrons. The molecule has 1 aliphatic heterocycles. The second-order valence-corrected chi connectivity index (χ2v) is 5.03. The zero-order valence-electron chi connectivity index (χ0n) is 11.0. The van der Waals surface area contributed by atoms with E-state index in [1.807, 2.05) is 11.8 Å². The highest BCUT2D eigenvalue weighted by atomic mass is 19.1. The van der Waals surface area contributed by atoms with E-state index in [0.29, 0.717) is 25.1 Å². The number of carbonyl (C=O) groups is 1. The van der Waals surface area contributed by atoms with Crippen LogP contribution in [0.5, 0.6) is 0 Å². The van der Waals surface area contributed by atoms with Gasteiger partial charge < -0.3 is 10.0 Å². The average molecular weight is 282 g/mol. The zero-order valence-corrected chi connectivity index (χ0v) is 11.0. The van der Waals surface area contributed by atoms with Crippen LogP contribution in [0.25, 0.3) is 0 Å². The normalized spacial score (nSPS) is 22.6. The average Bonchev–Trinajstić information content (AvgIpc) is 2.37. The van der Waals surface area contributed by atoms with Crippen LogP contribution in [0.15, 0.2) is 18.2 Å². The predicted molar refractivity (Wildman–Crippen MR) is 70.2 cm³/mol. The number of piperidine rings is 1. The lowest BCUT2D eigenvalue weighted by Gasteiger charge is -2.37. The van der Waals surface area contributed by atoms with Crippen LogP contribution in [0.3, 0.4) is 0 Å². The molecule has 0 aromatic heterocycles. The maximum atomic E-state index is 13.4. The molecule has 1 saturated heterocycles. The number of benzene rings is 1. The molecule has 2 rings (SSSR count). The lowest BCUT2D eigenvalue weighted by Crippen LogP contribution is -2.42. The summed E-state index contributed by atoms with van der Waals surface area (Å²) in [5.74, 6) is -1.91. The fourth-order valence-electron chi connectivity index (χ4n) is 2.61. The van der Waals surface area contributed by atoms with Crippen molar-refractivity contribution < 1.29 is 19.2 Å². The number of carboxylic acid groups (broad SMARTS) is 1. The minimum absolute atomic E-state index is 0.105. The zero-order chi connectivity index (χ0) is 14.9. The Kier molecular flexibility index (Phi) is 3.87. The summed E-state index contributed by atoms with van der Waals surface area (Å²) in [6.45, 7) is 2.28. The number of nitro benzene ring substituents is 1. The number of nitrogens with zero attached hydrogens (tertiary/aromatic N) is 2. The molecule has 0 aliphatic carbocycles. The van der Waals surface area contributed by atoms with E-state index in [1.54, 1.807) is 0 Å². The molecule has 108 valence electrons. The number of halogens is 1. The lowest BCUT2D eigenvalue weighted by molar-refractivity contribution is -0.385. The van der Waals surface area contributed by atoms with Gasteiger partial charge in [-0.1, -0.05) is 0 Å². The van der Waals surface area contributed by atoms with Gasteiger partial charge in [-0.25, -0.2) is 4.39 Å². The van der Waals surface area contributed by atoms with Gasteiger partial charge in [-0.3, -0.25) is 14.9 Å². The quantitative estimate of drug-likeness (QED) is 0.680. The first-order valence-electron chi connectivity index (χ1n) is 6.33. The smallest absolute Gasteiger partial charge is 0.306 e. The Bertz CT molecular complexity index is 549. The monoisotopic (exact) mass is 282 g/mol. The molecule has 1 fully saturated rings. The molecule has 2 atom stereocenters. The molecule has 2 unspecified atom stereocenters. The molecule has 0 saturated carbocycles. The van der Waals surface area contributed by atoms with E-state index in [0.717, 1.165) is 6.07 Å². The fourth-order valence-corrected chi connectivity index (χ4v) is 2.61. The Balaban J connectivity index is 2.24. The van der Waals surface area contributed by atoms with E-state index >= 15 is 0 Å². The van der Waals surface area contributed by atoms with Gasteiger partial charge in [0.1, 0.15) is 5.82 Å². The number of aliphatic carboxylic acids is 1. The summed E-state index contributed by atoms with van der Waals surface area (Å²) in [6, 6.07) is 3.33. The van der Waals surface area contributed by atoms with Gasteiger partial charge in [-0.05, 0) is 25.8 Å². The third-order valence-electron chi connectivity index (χ3n) is 3.64. The summed E-state index contributed by atoms with van der Waals surface area (Å²) >= 11 is 0. The summed E-state index contributed by atoms with van der Waals surface area (Å²) in [5, 5.41) is 19.8. The first kappa shape index (κ1) is 14.2. The first-order chi connectivity index (χ1) is 9.38. The number of hydrogen-bond acceptors (Lipinski definition) is 4. The van der Waals surface area contributed by atoms with Crippen LogP contribution in [0.2, 0.25) is 0 Å². The number of rotatable bonds is 3. The Morgan fingerprint density at radius 1 is 1.50 bits per heavy atom. The summed E-state index contributed by atoms with van der Waals surface area (Å²) in [6.07, 6.45) is 0.892. The topological polar surface area (TPSA) is 83.7 Å². The van der Waals surface area contributed by atoms with Gasteiger partial charge in [-0.2, -0.15) is 0 Å². The van der Waals surface area contributed by atoms with Crippen LogP contribution in [0, 0.1) is 21.8 Å². The number of anilines is 1. The van der Waals surface area contributed by atoms with E-state index in [9.17, 15) is 19.3 Å². The Hall–Kier alpha value is -2.18. The highest BCUT2D eigenvalue weighted by Gasteiger charge is 2.30. The molecular formula is C13H15FN2O4. The second kappa shape index (κ2) is 5.44. The summed E-state index contributed by atoms with van der Waals surface area (Å²) in [4.78, 5) is 22.9. The van der Waals surface area contributed by atoms with Gasteiger partial charge >= 0.3 is 5.97 Å². The summed E-state index contributed by atoms with van der Waals surface area (Å²) in [7, 11) is 0. The third-order valence-corrected chi connectivity index (χ3v) is 3.64. The number of nitro groups is 1. The number of non-ortho nitro benzene ring substituents is 1. The van der Waals surface area contributed by atoms with Gasteiger partial charge in [0.25, 0.3) is 5.69 Å². The number of carboxylic acids is 1. The number of hydrogen-bond donors (Lipinski definition) is 1. The van der Waals surface area contributed by atoms with E-state index in [1.165, 1.54) is 12.1 Å². The van der Waals surface area contributed by atoms with Crippen molar-refractivity contribution in [3.8, 4) is 0 Å². The molecule has 6 nitrogen and oxygen atoms in total. The minimum Gasteiger partial charge on any atom is -0.481 e. The first-order valence-corrected chi connectivity index (χ1v) is 6.33. The third kappa shape index (κ3) is 2.87. The largest absolute Gasteiger partial charge is 0.481 e. The standard InChI is InChI=1S/C13H15FN2O4/c1-8-4-9(13(17)18)2-3-15(8)11-5-10(14)6-12(7-11)16(19)20/h5-9H,2-4H2,1H3,(H,17,18). The molecule has 1 aromatic rings. The van der Waals surface area contributed by atoms with Crippen LogP contribution >= 0.6 is 0 Å². The summed E-state index contributed by atoms with van der Waals surface area (Å²) < 4.78 is 13.4. The van der Waals surface area contributed by atoms with Crippen molar-refractivity contribution >= 4 is 17.3 Å². The van der Waals surface area contributed by atoms with Crippen LogP contribution in [-0.4, -0.2) is 28.6 Å². The van der Waals surface area contributed by atoms with Gasteiger partial charge in [0.2, 0.25) is 0 Å². The highest BCUT2D eigenvalue weighted by Crippen LogP contribution is 2.31. The Morgan fingerprint density at radius 2 is 2.20 bits per heavy atom. The van der Waals surface area contributed by atoms with Crippen molar-refractivity contribution in [1.29, 1.82) is 0 Å². The highest BCUT2D eigenvalue weighted by molar-refractivity contribution is 5.70. The van der Waals surface area contributed by atoms with Gasteiger partial charge in [0.05, 0.1) is 16.9 Å². The van der Waals surface area contributed by atoms with Crippen molar-refractivity contribution in [1.82, 2.24) is 0 Å². The predicted octanol–water partition coefficient (Wildman–Crippen LogP) is 2.42. The molecule has 0 bridgehead atoms. The molecule has 0 amide bonds. The van der Waals surface area contributed by atoms with Gasteiger partial charge in [-0.15, -0.1) is 0 Å². The van der Waals surface area contributed by atoms with E-state index in [-0.39, 0.29) is 11.7 Å². The SMILES string of the molecule is CC1CC(C(=O)O)CCN1c1cc(F)cc([N+](=O)[O-])c1. The molecule has 1 heterocycles. The molecular weight excluding hydrogens is 267 g/mol. The molecule has 20 heavy (non-hydrogen) atoms. The van der Waals surface area contributed by atoms with E-state index in [2.05, 4.69) is 0 Å². The van der Waals surface area contributed by atoms with E-state index in [4.69, 9.17) is 5.11 Å². The maximum absolute atomic E-state index is 13.4. The lowest BCUT2D eigenvalue weighted by atomic mass is 9.91.